The van der Waals surface area contributed by atoms with Gasteiger partial charge in [0.05, 0.1) is 16.7 Å². The molecule has 13 aromatic rings. The predicted molar refractivity (Wildman–Crippen MR) is 277 cm³/mol. The van der Waals surface area contributed by atoms with E-state index in [-0.39, 0.29) is 0 Å². The Labute approximate surface area is 392 Å². The normalized spacial score (nSPS) is 11.5. The summed E-state index contributed by atoms with van der Waals surface area (Å²) in [6, 6.07) is 80.0. The standard InChI is InChI=1S/C62H39N5O/c1-6-20-40(21-7-1)46-31-18-32-47(41-22-8-2-9-23-41)57(46)44-36-53(62-65-60(42-24-10-3-11-25-42)64-61(66-62)43-26-12-4-13-27-43)58(63-39-44)50-34-19-33-49-52-37-51-48-30-16-17-35-54(48)67(45-28-14-5-15-29-45)55(51)38-56(52)68-59(49)50/h1-39H. The van der Waals surface area contributed by atoms with Crippen molar-refractivity contribution in [3.63, 3.8) is 0 Å². The third-order valence-electron chi connectivity index (χ3n) is 12.9. The lowest BCUT2D eigenvalue weighted by Gasteiger charge is -2.18. The molecule has 4 heterocycles. The Morgan fingerprint density at radius 3 is 1.49 bits per heavy atom. The highest BCUT2D eigenvalue weighted by atomic mass is 16.3. The molecule has 0 aliphatic heterocycles. The van der Waals surface area contributed by atoms with Crippen molar-refractivity contribution in [1.29, 1.82) is 0 Å². The zero-order chi connectivity index (χ0) is 45.0. The molecule has 0 radical (unpaired) electrons. The second-order valence-electron chi connectivity index (χ2n) is 17.0. The Morgan fingerprint density at radius 2 is 0.853 bits per heavy atom. The molecule has 0 bridgehead atoms. The molecule has 4 aromatic heterocycles. The number of benzene rings is 9. The Hall–Kier alpha value is -9.26. The van der Waals surface area contributed by atoms with Crippen LogP contribution in [0.15, 0.2) is 241 Å². The van der Waals surface area contributed by atoms with Gasteiger partial charge in [-0.1, -0.05) is 188 Å². The van der Waals surface area contributed by atoms with Crippen LogP contribution in [0.2, 0.25) is 0 Å². The summed E-state index contributed by atoms with van der Waals surface area (Å²) in [6.45, 7) is 0. The van der Waals surface area contributed by atoms with Gasteiger partial charge in [-0.25, -0.2) is 15.0 Å². The van der Waals surface area contributed by atoms with Crippen LogP contribution >= 0.6 is 0 Å². The Kier molecular flexibility index (Phi) is 9.39. The zero-order valence-corrected chi connectivity index (χ0v) is 36.7. The number of aromatic nitrogens is 5. The molecular formula is C62H39N5O. The van der Waals surface area contributed by atoms with Crippen molar-refractivity contribution >= 4 is 43.7 Å². The van der Waals surface area contributed by atoms with Crippen molar-refractivity contribution in [3.05, 3.63) is 237 Å². The summed E-state index contributed by atoms with van der Waals surface area (Å²) in [6.07, 6.45) is 2.00. The van der Waals surface area contributed by atoms with E-state index >= 15 is 0 Å². The van der Waals surface area contributed by atoms with Crippen molar-refractivity contribution < 1.29 is 4.42 Å². The average Bonchev–Trinajstić information content (AvgIpc) is 3.95. The van der Waals surface area contributed by atoms with Gasteiger partial charge < -0.3 is 8.98 Å². The second-order valence-corrected chi connectivity index (χ2v) is 17.0. The van der Waals surface area contributed by atoms with Crippen LogP contribution in [-0.4, -0.2) is 24.5 Å². The van der Waals surface area contributed by atoms with E-state index in [0.29, 0.717) is 23.2 Å². The number of para-hydroxylation sites is 3. The molecule has 318 valence electrons. The summed E-state index contributed by atoms with van der Waals surface area (Å²) in [7, 11) is 0. The number of pyridine rings is 1. The quantitative estimate of drug-likeness (QED) is 0.152. The molecule has 0 fully saturated rings. The Morgan fingerprint density at radius 1 is 0.338 bits per heavy atom. The van der Waals surface area contributed by atoms with E-state index in [1.165, 1.54) is 5.39 Å². The van der Waals surface area contributed by atoms with Crippen LogP contribution < -0.4 is 0 Å². The molecule has 0 aliphatic carbocycles. The van der Waals surface area contributed by atoms with Gasteiger partial charge in [0.2, 0.25) is 0 Å². The van der Waals surface area contributed by atoms with E-state index in [0.717, 1.165) is 99.7 Å². The van der Waals surface area contributed by atoms with Gasteiger partial charge in [-0.05, 0) is 64.2 Å². The number of rotatable bonds is 8. The number of hydrogen-bond donors (Lipinski definition) is 0. The maximum absolute atomic E-state index is 7.07. The smallest absolute Gasteiger partial charge is 0.166 e. The first kappa shape index (κ1) is 39.1. The van der Waals surface area contributed by atoms with Crippen molar-refractivity contribution in [3.8, 4) is 84.5 Å². The zero-order valence-electron chi connectivity index (χ0n) is 36.7. The van der Waals surface area contributed by atoms with Gasteiger partial charge in [-0.3, -0.25) is 4.98 Å². The Bertz CT molecular complexity index is 3880. The molecule has 9 aromatic carbocycles. The maximum Gasteiger partial charge on any atom is 0.166 e. The molecule has 0 atom stereocenters. The van der Waals surface area contributed by atoms with Crippen LogP contribution in [0, 0.1) is 0 Å². The molecule has 6 nitrogen and oxygen atoms in total. The molecule has 0 unspecified atom stereocenters. The highest BCUT2D eigenvalue weighted by Gasteiger charge is 2.24. The molecule has 0 spiro atoms. The molecular weight excluding hydrogens is 831 g/mol. The first-order chi connectivity index (χ1) is 33.7. The first-order valence-electron chi connectivity index (χ1n) is 22.8. The largest absolute Gasteiger partial charge is 0.455 e. The minimum Gasteiger partial charge on any atom is -0.455 e. The van der Waals surface area contributed by atoms with Crippen LogP contribution in [0.5, 0.6) is 0 Å². The minimum atomic E-state index is 0.503. The lowest BCUT2D eigenvalue weighted by molar-refractivity contribution is 0.670. The van der Waals surface area contributed by atoms with E-state index < -0.39 is 0 Å². The topological polar surface area (TPSA) is 69.6 Å². The summed E-state index contributed by atoms with van der Waals surface area (Å²) >= 11 is 0. The summed E-state index contributed by atoms with van der Waals surface area (Å²) in [5.74, 6) is 1.64. The molecule has 0 amide bonds. The summed E-state index contributed by atoms with van der Waals surface area (Å²) in [5, 5.41) is 4.37. The van der Waals surface area contributed by atoms with Gasteiger partial charge in [-0.2, -0.15) is 0 Å². The van der Waals surface area contributed by atoms with Crippen LogP contribution in [0.4, 0.5) is 0 Å². The number of fused-ring (bicyclic) bond motifs is 6. The van der Waals surface area contributed by atoms with Crippen LogP contribution in [0.25, 0.3) is 128 Å². The SMILES string of the molecule is c1ccc(-c2nc(-c3ccccc3)nc(-c3cc(-c4c(-c5ccccc5)cccc4-c4ccccc4)cnc3-c3cccc4c3oc3cc5c(cc34)c3ccccc3n5-c3ccccc3)n2)cc1. The van der Waals surface area contributed by atoms with E-state index in [1.54, 1.807) is 0 Å². The molecule has 0 aliphatic rings. The molecule has 6 heteroatoms. The van der Waals surface area contributed by atoms with Gasteiger partial charge in [-0.15, -0.1) is 0 Å². The monoisotopic (exact) mass is 869 g/mol. The highest BCUT2D eigenvalue weighted by molar-refractivity contribution is 6.19. The van der Waals surface area contributed by atoms with Crippen LogP contribution in [0.1, 0.15) is 0 Å². The van der Waals surface area contributed by atoms with Crippen LogP contribution in [-0.2, 0) is 0 Å². The van der Waals surface area contributed by atoms with Gasteiger partial charge in [0.15, 0.2) is 17.5 Å². The molecule has 0 saturated carbocycles. The summed E-state index contributed by atoms with van der Waals surface area (Å²) < 4.78 is 9.39. The van der Waals surface area contributed by atoms with E-state index in [2.05, 4.69) is 174 Å². The maximum atomic E-state index is 7.07. The lowest BCUT2D eigenvalue weighted by atomic mass is 9.87. The Balaban J connectivity index is 1.10. The van der Waals surface area contributed by atoms with E-state index in [1.807, 2.05) is 66.9 Å². The van der Waals surface area contributed by atoms with Crippen molar-refractivity contribution in [2.24, 2.45) is 0 Å². The fourth-order valence-electron chi connectivity index (χ4n) is 9.80. The summed E-state index contributed by atoms with van der Waals surface area (Å²) in [5.41, 5.74) is 15.3. The van der Waals surface area contributed by atoms with E-state index in [9.17, 15) is 0 Å². The minimum absolute atomic E-state index is 0.503. The molecule has 13 rings (SSSR count). The number of furan rings is 1. The molecule has 0 N–H and O–H groups in total. The van der Waals surface area contributed by atoms with Gasteiger partial charge in [0, 0.05) is 67.3 Å². The highest BCUT2D eigenvalue weighted by Crippen LogP contribution is 2.45. The van der Waals surface area contributed by atoms with Crippen molar-refractivity contribution in [2.75, 3.05) is 0 Å². The first-order valence-corrected chi connectivity index (χ1v) is 22.8. The third kappa shape index (κ3) is 6.66. The molecule has 68 heavy (non-hydrogen) atoms. The van der Waals surface area contributed by atoms with Gasteiger partial charge in [0.1, 0.15) is 11.2 Å². The fourth-order valence-corrected chi connectivity index (χ4v) is 9.80. The van der Waals surface area contributed by atoms with Gasteiger partial charge in [0.25, 0.3) is 0 Å². The predicted octanol–water partition coefficient (Wildman–Crippen LogP) is 15.9. The molecule has 0 saturated heterocycles. The van der Waals surface area contributed by atoms with Crippen LogP contribution in [0.3, 0.4) is 0 Å². The van der Waals surface area contributed by atoms with Crippen molar-refractivity contribution in [2.45, 2.75) is 0 Å². The summed E-state index contributed by atoms with van der Waals surface area (Å²) in [4.78, 5) is 21.2. The second kappa shape index (κ2) is 16.3. The average molecular weight is 870 g/mol. The van der Waals surface area contributed by atoms with Gasteiger partial charge >= 0.3 is 0 Å². The fraction of sp³-hybridized carbons (Fsp3) is 0. The lowest BCUT2D eigenvalue weighted by Crippen LogP contribution is -2.02. The third-order valence-corrected chi connectivity index (χ3v) is 12.9. The van der Waals surface area contributed by atoms with Crippen molar-refractivity contribution in [1.82, 2.24) is 24.5 Å². The number of hydrogen-bond acceptors (Lipinski definition) is 5. The van der Waals surface area contributed by atoms with E-state index in [4.69, 9.17) is 24.4 Å². The number of nitrogens with zero attached hydrogens (tertiary/aromatic N) is 5.